The van der Waals surface area contributed by atoms with Gasteiger partial charge in [0, 0.05) is 11.8 Å². The summed E-state index contributed by atoms with van der Waals surface area (Å²) in [5.41, 5.74) is 4.65. The van der Waals surface area contributed by atoms with Crippen molar-refractivity contribution in [2.24, 2.45) is 5.41 Å². The number of nitrogens with zero attached hydrogens (tertiary/aromatic N) is 2. The number of ether oxygens (including phenoxy) is 1. The fourth-order valence-corrected chi connectivity index (χ4v) is 4.14. The van der Waals surface area contributed by atoms with E-state index in [1.54, 1.807) is 43.8 Å². The summed E-state index contributed by atoms with van der Waals surface area (Å²) in [6.45, 7) is 11.8. The number of aliphatic carboxylic acids is 2. The number of esters is 1. The first kappa shape index (κ1) is 26.6. The highest BCUT2D eigenvalue weighted by atomic mass is 16.5. The second-order valence-electron chi connectivity index (χ2n) is 8.47. The summed E-state index contributed by atoms with van der Waals surface area (Å²) in [6.07, 6.45) is 5.41. The predicted octanol–water partition coefficient (Wildman–Crippen LogP) is 4.80. The van der Waals surface area contributed by atoms with Crippen molar-refractivity contribution in [3.63, 3.8) is 0 Å². The molecule has 8 nitrogen and oxygen atoms in total. The Morgan fingerprint density at radius 2 is 1.71 bits per heavy atom. The lowest BCUT2D eigenvalue weighted by atomic mass is 9.74. The summed E-state index contributed by atoms with van der Waals surface area (Å²) in [5, 5.41) is 22.3. The van der Waals surface area contributed by atoms with Gasteiger partial charge in [-0.1, -0.05) is 36.3 Å². The number of hydrogen-bond donors (Lipinski definition) is 2. The molecule has 1 aliphatic carbocycles. The minimum absolute atomic E-state index is 0.0610. The minimum atomic E-state index is -1.05. The average molecular weight is 469 g/mol. The molecule has 0 spiro atoms. The second kappa shape index (κ2) is 11.0. The molecule has 2 N–H and O–H groups in total. The van der Waals surface area contributed by atoms with Crippen LogP contribution in [0.3, 0.4) is 0 Å². The Hall–Kier alpha value is -3.68. The third-order valence-corrected chi connectivity index (χ3v) is 5.68. The summed E-state index contributed by atoms with van der Waals surface area (Å²) in [7, 11) is 0. The molecule has 1 unspecified atom stereocenters. The predicted molar refractivity (Wildman–Crippen MR) is 128 cm³/mol. The molecular formula is C26H32N2O6. The van der Waals surface area contributed by atoms with Crippen molar-refractivity contribution in [2.45, 2.75) is 54.4 Å². The highest BCUT2D eigenvalue weighted by molar-refractivity contribution is 5.90. The Bertz CT molecular complexity index is 1130. The number of carbonyl (C=O) groups is 3. The highest BCUT2D eigenvalue weighted by Crippen LogP contribution is 2.37. The molecule has 0 amide bonds. The summed E-state index contributed by atoms with van der Waals surface area (Å²) >= 11 is 0. The molecule has 0 radical (unpaired) electrons. The van der Waals surface area contributed by atoms with Gasteiger partial charge in [0.1, 0.15) is 0 Å². The van der Waals surface area contributed by atoms with Crippen LogP contribution in [0, 0.1) is 26.2 Å². The van der Waals surface area contributed by atoms with Crippen molar-refractivity contribution in [2.75, 3.05) is 6.61 Å². The van der Waals surface area contributed by atoms with Crippen molar-refractivity contribution in [1.29, 1.82) is 0 Å². The van der Waals surface area contributed by atoms with Crippen LogP contribution in [0.15, 0.2) is 47.7 Å². The first-order chi connectivity index (χ1) is 15.9. The standard InChI is InChI=1S/C15H18N2O2.C11H14O4/c1-5-19-15(18)13-6-7-17(16-13)14-11(3)8-10(2)9-12(14)4;1-3-11(10(14)15)5-7(2)4-8(6-11)9(12)13/h6-9H,5H2,1-4H3;4-5H,3,6H2,1-2H3,(H,12,13)(H,14,15). The van der Waals surface area contributed by atoms with Crippen LogP contribution in [0.4, 0.5) is 0 Å². The molecule has 3 rings (SSSR count). The zero-order chi connectivity index (χ0) is 25.6. The van der Waals surface area contributed by atoms with E-state index in [-0.39, 0.29) is 18.0 Å². The van der Waals surface area contributed by atoms with Crippen LogP contribution in [-0.4, -0.2) is 44.5 Å². The maximum atomic E-state index is 11.6. The lowest BCUT2D eigenvalue weighted by molar-refractivity contribution is -0.146. The van der Waals surface area contributed by atoms with Gasteiger partial charge in [0.15, 0.2) is 5.69 Å². The number of aryl methyl sites for hydroxylation is 3. The van der Waals surface area contributed by atoms with E-state index in [1.165, 1.54) is 11.6 Å². The molecule has 0 saturated carbocycles. The maximum absolute atomic E-state index is 11.6. The van der Waals surface area contributed by atoms with Crippen LogP contribution in [0.2, 0.25) is 0 Å². The van der Waals surface area contributed by atoms with Crippen molar-refractivity contribution in [3.8, 4) is 5.69 Å². The number of aromatic nitrogens is 2. The molecule has 1 aromatic carbocycles. The largest absolute Gasteiger partial charge is 0.481 e. The summed E-state index contributed by atoms with van der Waals surface area (Å²) < 4.78 is 6.67. The Labute approximate surface area is 199 Å². The molecule has 182 valence electrons. The van der Waals surface area contributed by atoms with Crippen molar-refractivity contribution >= 4 is 17.9 Å². The van der Waals surface area contributed by atoms with E-state index in [2.05, 4.69) is 24.2 Å². The smallest absolute Gasteiger partial charge is 0.358 e. The fraction of sp³-hybridized carbons (Fsp3) is 0.385. The van der Waals surface area contributed by atoms with Crippen molar-refractivity contribution in [1.82, 2.24) is 9.78 Å². The van der Waals surface area contributed by atoms with Gasteiger partial charge >= 0.3 is 17.9 Å². The quantitative estimate of drug-likeness (QED) is 0.584. The minimum Gasteiger partial charge on any atom is -0.481 e. The summed E-state index contributed by atoms with van der Waals surface area (Å²) in [4.78, 5) is 33.6. The highest BCUT2D eigenvalue weighted by Gasteiger charge is 2.38. The third-order valence-electron chi connectivity index (χ3n) is 5.68. The maximum Gasteiger partial charge on any atom is 0.358 e. The van der Waals surface area contributed by atoms with E-state index in [9.17, 15) is 14.4 Å². The van der Waals surface area contributed by atoms with E-state index in [0.717, 1.165) is 16.8 Å². The number of carboxylic acid groups (broad SMARTS) is 2. The summed E-state index contributed by atoms with van der Waals surface area (Å²) in [5.74, 6) is -2.39. The first-order valence-corrected chi connectivity index (χ1v) is 11.1. The van der Waals surface area contributed by atoms with Gasteiger partial charge in [-0.2, -0.15) is 5.10 Å². The third kappa shape index (κ3) is 6.01. The Kier molecular flexibility index (Phi) is 8.57. The van der Waals surface area contributed by atoms with Gasteiger partial charge in [0.2, 0.25) is 0 Å². The number of benzene rings is 1. The molecule has 0 aliphatic heterocycles. The lowest BCUT2D eigenvalue weighted by Crippen LogP contribution is -2.32. The Balaban J connectivity index is 0.000000248. The van der Waals surface area contributed by atoms with Gasteiger partial charge in [-0.15, -0.1) is 0 Å². The van der Waals surface area contributed by atoms with Crippen molar-refractivity contribution < 1.29 is 29.3 Å². The zero-order valence-corrected chi connectivity index (χ0v) is 20.5. The number of hydrogen-bond acceptors (Lipinski definition) is 5. The van der Waals surface area contributed by atoms with Crippen LogP contribution in [-0.2, 0) is 14.3 Å². The van der Waals surface area contributed by atoms with Crippen LogP contribution >= 0.6 is 0 Å². The Morgan fingerprint density at radius 3 is 2.21 bits per heavy atom. The normalized spacial score (nSPS) is 17.1. The van der Waals surface area contributed by atoms with E-state index in [4.69, 9.17) is 14.9 Å². The molecule has 34 heavy (non-hydrogen) atoms. The van der Waals surface area contributed by atoms with Gasteiger partial charge < -0.3 is 14.9 Å². The Morgan fingerprint density at radius 1 is 1.09 bits per heavy atom. The molecule has 0 saturated heterocycles. The monoisotopic (exact) mass is 468 g/mol. The molecular weight excluding hydrogens is 436 g/mol. The molecule has 2 aromatic rings. The molecule has 1 aromatic heterocycles. The van der Waals surface area contributed by atoms with Crippen molar-refractivity contribution in [3.05, 3.63) is 70.1 Å². The SMILES string of the molecule is CCC1(C(=O)O)C=C(C)C=C(C(=O)O)C1.CCOC(=O)c1ccn(-c2c(C)cc(C)cc2C)n1. The van der Waals surface area contributed by atoms with Crippen LogP contribution in [0.5, 0.6) is 0 Å². The lowest BCUT2D eigenvalue weighted by Gasteiger charge is -2.28. The number of carbonyl (C=O) groups excluding carboxylic acids is 1. The second-order valence-corrected chi connectivity index (χ2v) is 8.47. The average Bonchev–Trinajstić information content (AvgIpc) is 3.22. The fourth-order valence-electron chi connectivity index (χ4n) is 4.14. The molecule has 8 heteroatoms. The van der Waals surface area contributed by atoms with Crippen LogP contribution in [0.25, 0.3) is 5.69 Å². The van der Waals surface area contributed by atoms with E-state index >= 15 is 0 Å². The summed E-state index contributed by atoms with van der Waals surface area (Å²) in [6, 6.07) is 5.89. The number of carboxylic acids is 2. The molecule has 1 aliphatic rings. The number of allylic oxidation sites excluding steroid dienone is 2. The first-order valence-electron chi connectivity index (χ1n) is 11.1. The van der Waals surface area contributed by atoms with Gasteiger partial charge in [0.05, 0.1) is 17.7 Å². The molecule has 0 fully saturated rings. The van der Waals surface area contributed by atoms with Gasteiger partial charge in [-0.05, 0) is 70.7 Å². The van der Waals surface area contributed by atoms with Gasteiger partial charge in [-0.3, -0.25) is 4.79 Å². The van der Waals surface area contributed by atoms with E-state index in [1.807, 2.05) is 13.8 Å². The molecule has 0 bridgehead atoms. The number of rotatable bonds is 6. The van der Waals surface area contributed by atoms with Crippen LogP contribution < -0.4 is 0 Å². The van der Waals surface area contributed by atoms with E-state index in [0.29, 0.717) is 24.3 Å². The topological polar surface area (TPSA) is 119 Å². The van der Waals surface area contributed by atoms with Gasteiger partial charge in [0.25, 0.3) is 0 Å². The van der Waals surface area contributed by atoms with E-state index < -0.39 is 17.4 Å². The van der Waals surface area contributed by atoms with Crippen LogP contribution in [0.1, 0.15) is 60.8 Å². The molecule has 1 heterocycles. The zero-order valence-electron chi connectivity index (χ0n) is 20.5. The van der Waals surface area contributed by atoms with Gasteiger partial charge in [-0.25, -0.2) is 14.3 Å². The molecule has 1 atom stereocenters.